The van der Waals surface area contributed by atoms with Crippen molar-refractivity contribution in [3.8, 4) is 0 Å². The Morgan fingerprint density at radius 1 is 1.50 bits per heavy atom. The van der Waals surface area contributed by atoms with Gasteiger partial charge in [0.1, 0.15) is 5.82 Å². The van der Waals surface area contributed by atoms with Crippen molar-refractivity contribution < 1.29 is 0 Å². The molecular formula is C12H20N4. The normalized spacial score (nSPS) is 20.4. The Labute approximate surface area is 97.1 Å². The van der Waals surface area contributed by atoms with Crippen molar-refractivity contribution in [3.63, 3.8) is 0 Å². The van der Waals surface area contributed by atoms with E-state index in [1.807, 2.05) is 27.1 Å². The molecule has 1 unspecified atom stereocenters. The number of hydrogen-bond donors (Lipinski definition) is 1. The van der Waals surface area contributed by atoms with E-state index in [-0.39, 0.29) is 0 Å². The Hall–Kier alpha value is -1.16. The van der Waals surface area contributed by atoms with E-state index in [0.29, 0.717) is 0 Å². The molecule has 2 heterocycles. The van der Waals surface area contributed by atoms with Gasteiger partial charge in [-0.05, 0) is 39.8 Å². The molecule has 0 spiro atoms. The lowest BCUT2D eigenvalue weighted by atomic mass is 10.1. The summed E-state index contributed by atoms with van der Waals surface area (Å²) in [5.41, 5.74) is 2.04. The van der Waals surface area contributed by atoms with E-state index in [0.717, 1.165) is 42.8 Å². The second-order valence-electron chi connectivity index (χ2n) is 4.58. The number of rotatable bonds is 3. The Kier molecular flexibility index (Phi) is 3.39. The fourth-order valence-corrected chi connectivity index (χ4v) is 2.30. The molecule has 0 aliphatic carbocycles. The summed E-state index contributed by atoms with van der Waals surface area (Å²) >= 11 is 0. The van der Waals surface area contributed by atoms with Crippen LogP contribution in [0.3, 0.4) is 0 Å². The van der Waals surface area contributed by atoms with Crippen molar-refractivity contribution in [2.75, 3.05) is 31.6 Å². The van der Waals surface area contributed by atoms with Crippen LogP contribution in [0.2, 0.25) is 0 Å². The van der Waals surface area contributed by atoms with Crippen LogP contribution >= 0.6 is 0 Å². The average Bonchev–Trinajstić information content (AvgIpc) is 2.71. The minimum absolute atomic E-state index is 0.742. The first-order chi connectivity index (χ1) is 7.70. The molecule has 4 heteroatoms. The predicted molar refractivity (Wildman–Crippen MR) is 65.8 cm³/mol. The van der Waals surface area contributed by atoms with Gasteiger partial charge in [0.15, 0.2) is 0 Å². The molecule has 0 aromatic carbocycles. The first kappa shape index (κ1) is 11.3. The lowest BCUT2D eigenvalue weighted by Gasteiger charge is -2.19. The largest absolute Gasteiger partial charge is 0.355 e. The first-order valence-electron chi connectivity index (χ1n) is 5.90. The third kappa shape index (κ3) is 2.32. The molecule has 2 rings (SSSR count). The van der Waals surface area contributed by atoms with Gasteiger partial charge in [-0.25, -0.2) is 4.98 Å². The molecular weight excluding hydrogens is 200 g/mol. The van der Waals surface area contributed by atoms with Crippen molar-refractivity contribution in [3.05, 3.63) is 17.6 Å². The van der Waals surface area contributed by atoms with E-state index >= 15 is 0 Å². The predicted octanol–water partition coefficient (Wildman–Crippen LogP) is 1.14. The Bertz CT molecular complexity index is 364. The highest BCUT2D eigenvalue weighted by atomic mass is 15.2. The van der Waals surface area contributed by atoms with E-state index in [2.05, 4.69) is 20.2 Å². The summed E-state index contributed by atoms with van der Waals surface area (Å²) in [5.74, 6) is 1.81. The fourth-order valence-electron chi connectivity index (χ4n) is 2.30. The highest BCUT2D eigenvalue weighted by molar-refractivity contribution is 5.44. The Morgan fingerprint density at radius 3 is 3.06 bits per heavy atom. The smallest absolute Gasteiger partial charge is 0.150 e. The molecule has 1 atom stereocenters. The van der Waals surface area contributed by atoms with Crippen LogP contribution in [0.1, 0.15) is 17.8 Å². The second kappa shape index (κ2) is 4.78. The van der Waals surface area contributed by atoms with E-state index in [4.69, 9.17) is 0 Å². The van der Waals surface area contributed by atoms with Gasteiger partial charge in [-0.2, -0.15) is 0 Å². The summed E-state index contributed by atoms with van der Waals surface area (Å²) < 4.78 is 0. The number of aromatic nitrogens is 2. The van der Waals surface area contributed by atoms with Crippen LogP contribution in [0.25, 0.3) is 0 Å². The van der Waals surface area contributed by atoms with Crippen molar-refractivity contribution in [2.24, 2.45) is 5.92 Å². The number of anilines is 1. The molecule has 1 N–H and O–H groups in total. The van der Waals surface area contributed by atoms with Crippen LogP contribution in [0.5, 0.6) is 0 Å². The van der Waals surface area contributed by atoms with Crippen LogP contribution in [0, 0.1) is 19.8 Å². The summed E-state index contributed by atoms with van der Waals surface area (Å²) in [6.07, 6.45) is 3.08. The van der Waals surface area contributed by atoms with Crippen molar-refractivity contribution in [1.82, 2.24) is 15.3 Å². The number of nitrogens with one attached hydrogen (secondary N) is 1. The summed E-state index contributed by atoms with van der Waals surface area (Å²) in [7, 11) is 2.01. The van der Waals surface area contributed by atoms with Gasteiger partial charge in [-0.3, -0.25) is 4.98 Å². The topological polar surface area (TPSA) is 41.0 Å². The highest BCUT2D eigenvalue weighted by Gasteiger charge is 2.24. The Balaban J connectivity index is 2.11. The standard InChI is InChI=1S/C12H20N4/c1-9-6-14-10(2)12(15-9)16-5-4-11(8-16)7-13-3/h6,11,13H,4-5,7-8H2,1-3H3. The summed E-state index contributed by atoms with van der Waals surface area (Å²) in [5, 5.41) is 3.24. The number of hydrogen-bond acceptors (Lipinski definition) is 4. The number of nitrogens with zero attached hydrogens (tertiary/aromatic N) is 3. The SMILES string of the molecule is CNCC1CCN(c2nc(C)cnc2C)C1. The zero-order valence-electron chi connectivity index (χ0n) is 10.3. The minimum Gasteiger partial charge on any atom is -0.355 e. The maximum absolute atomic E-state index is 4.59. The minimum atomic E-state index is 0.742. The molecule has 0 bridgehead atoms. The van der Waals surface area contributed by atoms with Crippen molar-refractivity contribution in [2.45, 2.75) is 20.3 Å². The Morgan fingerprint density at radius 2 is 2.31 bits per heavy atom. The van der Waals surface area contributed by atoms with Gasteiger partial charge in [0, 0.05) is 19.3 Å². The van der Waals surface area contributed by atoms with Gasteiger partial charge in [-0.15, -0.1) is 0 Å². The molecule has 1 aliphatic heterocycles. The van der Waals surface area contributed by atoms with Crippen LogP contribution < -0.4 is 10.2 Å². The maximum atomic E-state index is 4.59. The van der Waals surface area contributed by atoms with Gasteiger partial charge in [0.05, 0.1) is 11.4 Å². The van der Waals surface area contributed by atoms with Gasteiger partial charge in [-0.1, -0.05) is 0 Å². The number of aryl methyl sites for hydroxylation is 2. The molecule has 4 nitrogen and oxygen atoms in total. The third-order valence-corrected chi connectivity index (χ3v) is 3.13. The molecule has 1 aliphatic rings. The summed E-state index contributed by atoms with van der Waals surface area (Å²) in [6.45, 7) is 7.32. The molecule has 0 radical (unpaired) electrons. The van der Waals surface area contributed by atoms with E-state index in [1.54, 1.807) is 0 Å². The van der Waals surface area contributed by atoms with Gasteiger partial charge in [0.25, 0.3) is 0 Å². The zero-order valence-corrected chi connectivity index (χ0v) is 10.3. The van der Waals surface area contributed by atoms with Crippen LogP contribution in [0.15, 0.2) is 6.20 Å². The maximum Gasteiger partial charge on any atom is 0.150 e. The molecule has 0 saturated carbocycles. The lowest BCUT2D eigenvalue weighted by Crippen LogP contribution is -2.25. The average molecular weight is 220 g/mol. The van der Waals surface area contributed by atoms with E-state index in [9.17, 15) is 0 Å². The molecule has 1 aromatic heterocycles. The molecule has 1 aromatic rings. The molecule has 88 valence electrons. The van der Waals surface area contributed by atoms with Gasteiger partial charge in [0.2, 0.25) is 0 Å². The van der Waals surface area contributed by atoms with E-state index in [1.165, 1.54) is 6.42 Å². The molecule has 16 heavy (non-hydrogen) atoms. The van der Waals surface area contributed by atoms with Gasteiger partial charge >= 0.3 is 0 Å². The summed E-state index contributed by atoms with van der Waals surface area (Å²) in [4.78, 5) is 11.3. The van der Waals surface area contributed by atoms with Gasteiger partial charge < -0.3 is 10.2 Å². The first-order valence-corrected chi connectivity index (χ1v) is 5.90. The highest BCUT2D eigenvalue weighted by Crippen LogP contribution is 2.23. The molecule has 1 saturated heterocycles. The lowest BCUT2D eigenvalue weighted by molar-refractivity contribution is 0.548. The monoisotopic (exact) mass is 220 g/mol. The fraction of sp³-hybridized carbons (Fsp3) is 0.667. The van der Waals surface area contributed by atoms with Crippen molar-refractivity contribution >= 4 is 5.82 Å². The third-order valence-electron chi connectivity index (χ3n) is 3.13. The second-order valence-corrected chi connectivity index (χ2v) is 4.58. The van der Waals surface area contributed by atoms with Crippen LogP contribution in [-0.4, -0.2) is 36.6 Å². The quantitative estimate of drug-likeness (QED) is 0.829. The van der Waals surface area contributed by atoms with Crippen molar-refractivity contribution in [1.29, 1.82) is 0 Å². The zero-order chi connectivity index (χ0) is 11.5. The van der Waals surface area contributed by atoms with Crippen LogP contribution in [0.4, 0.5) is 5.82 Å². The van der Waals surface area contributed by atoms with E-state index < -0.39 is 0 Å². The van der Waals surface area contributed by atoms with Crippen LogP contribution in [-0.2, 0) is 0 Å². The molecule has 0 amide bonds. The summed E-state index contributed by atoms with van der Waals surface area (Å²) in [6, 6.07) is 0. The molecule has 1 fully saturated rings.